The molecule has 31 heavy (non-hydrogen) atoms. The second kappa shape index (κ2) is 8.61. The van der Waals surface area contributed by atoms with Crippen molar-refractivity contribution in [1.29, 1.82) is 0 Å². The van der Waals surface area contributed by atoms with Crippen molar-refractivity contribution < 1.29 is 13.9 Å². The van der Waals surface area contributed by atoms with E-state index in [0.717, 1.165) is 36.7 Å². The van der Waals surface area contributed by atoms with E-state index in [1.54, 1.807) is 0 Å². The molecule has 0 bridgehead atoms. The molecular weight excluding hydrogens is 392 g/mol. The van der Waals surface area contributed by atoms with E-state index in [1.807, 2.05) is 54.8 Å². The molecule has 6 heteroatoms. The number of carbonyl (C=O) groups is 1. The first kappa shape index (κ1) is 21.2. The summed E-state index contributed by atoms with van der Waals surface area (Å²) in [6, 6.07) is 9.63. The molecular formula is C25H30N2O4. The van der Waals surface area contributed by atoms with Gasteiger partial charge < -0.3 is 18.6 Å². The maximum Gasteiger partial charge on any atom is 0.227 e. The third-order valence-electron chi connectivity index (χ3n) is 5.81. The Kier molecular flexibility index (Phi) is 5.90. The molecule has 1 aromatic carbocycles. The van der Waals surface area contributed by atoms with Crippen LogP contribution in [0.1, 0.15) is 39.4 Å². The highest BCUT2D eigenvalue weighted by molar-refractivity contribution is 5.82. The van der Waals surface area contributed by atoms with Crippen LogP contribution < -0.4 is 10.2 Å². The number of nitrogens with zero attached hydrogens (tertiary/aromatic N) is 2. The van der Waals surface area contributed by atoms with Crippen molar-refractivity contribution in [3.05, 3.63) is 65.0 Å². The lowest BCUT2D eigenvalue weighted by molar-refractivity contribution is -0.141. The predicted molar refractivity (Wildman–Crippen MR) is 120 cm³/mol. The van der Waals surface area contributed by atoms with Gasteiger partial charge >= 0.3 is 0 Å². The summed E-state index contributed by atoms with van der Waals surface area (Å²) in [5.41, 5.74) is -0.518. The van der Waals surface area contributed by atoms with Gasteiger partial charge in [-0.05, 0) is 29.5 Å². The van der Waals surface area contributed by atoms with Crippen LogP contribution in [0, 0.1) is 11.3 Å². The van der Waals surface area contributed by atoms with Gasteiger partial charge in [0.2, 0.25) is 17.1 Å². The van der Waals surface area contributed by atoms with Crippen molar-refractivity contribution in [3.8, 4) is 5.75 Å². The van der Waals surface area contributed by atoms with Crippen molar-refractivity contribution in [1.82, 2.24) is 9.47 Å². The van der Waals surface area contributed by atoms with E-state index in [4.69, 9.17) is 9.15 Å². The third kappa shape index (κ3) is 5.01. The Bertz CT molecular complexity index is 1080. The quantitative estimate of drug-likeness (QED) is 0.615. The number of amides is 1. The van der Waals surface area contributed by atoms with E-state index >= 15 is 0 Å². The summed E-state index contributed by atoms with van der Waals surface area (Å²) < 4.78 is 13.5. The van der Waals surface area contributed by atoms with Crippen LogP contribution in [0.3, 0.4) is 0 Å². The van der Waals surface area contributed by atoms with Gasteiger partial charge in [0.05, 0.1) is 13.2 Å². The molecule has 0 radical (unpaired) electrons. The van der Waals surface area contributed by atoms with E-state index in [0.29, 0.717) is 24.8 Å². The molecule has 1 amide bonds. The van der Waals surface area contributed by atoms with Crippen LogP contribution in [0.5, 0.6) is 5.75 Å². The summed E-state index contributed by atoms with van der Waals surface area (Å²) >= 11 is 0. The average molecular weight is 423 g/mol. The van der Waals surface area contributed by atoms with Crippen LogP contribution in [0.25, 0.3) is 10.8 Å². The predicted octanol–water partition coefficient (Wildman–Crippen LogP) is 4.31. The maximum absolute atomic E-state index is 12.5. The number of fused-ring (bicyclic) bond motifs is 1. The average Bonchev–Trinajstić information content (AvgIpc) is 3.14. The number of hydrogen-bond donors (Lipinski definition) is 0. The van der Waals surface area contributed by atoms with E-state index in [1.165, 1.54) is 12.3 Å². The molecule has 0 saturated carbocycles. The van der Waals surface area contributed by atoms with Crippen LogP contribution in [-0.4, -0.2) is 35.1 Å². The standard InChI is InChI=1S/C25H30N2O4/c1-25(2,3)24(29)27-10-8-18(9-11-27)16-31-23-17-30-21(12-22(23)28)15-26-13-19-6-4-5-7-20(19)14-26/h4-7,12-14,17-18H,8-11,15-16H2,1-3H3. The Hall–Kier alpha value is -3.02. The lowest BCUT2D eigenvalue weighted by atomic mass is 9.91. The fourth-order valence-corrected chi connectivity index (χ4v) is 4.02. The zero-order chi connectivity index (χ0) is 22.0. The summed E-state index contributed by atoms with van der Waals surface area (Å²) in [6.45, 7) is 8.28. The second-order valence-corrected chi connectivity index (χ2v) is 9.43. The highest BCUT2D eigenvalue weighted by Gasteiger charge is 2.30. The molecule has 3 aromatic rings. The van der Waals surface area contributed by atoms with Gasteiger partial charge in [-0.3, -0.25) is 9.59 Å². The number of aromatic nitrogens is 1. The van der Waals surface area contributed by atoms with Crippen LogP contribution in [0.2, 0.25) is 0 Å². The molecule has 1 aliphatic heterocycles. The molecule has 0 spiro atoms. The maximum atomic E-state index is 12.5. The monoisotopic (exact) mass is 422 g/mol. The molecule has 1 saturated heterocycles. The number of piperidine rings is 1. The molecule has 0 atom stereocenters. The van der Waals surface area contributed by atoms with E-state index in [2.05, 4.69) is 12.1 Å². The Labute approximate surface area is 182 Å². The topological polar surface area (TPSA) is 64.7 Å². The van der Waals surface area contributed by atoms with Crippen LogP contribution >= 0.6 is 0 Å². The molecule has 0 unspecified atom stereocenters. The van der Waals surface area contributed by atoms with Gasteiger partial charge in [-0.15, -0.1) is 0 Å². The van der Waals surface area contributed by atoms with Gasteiger partial charge in [0.1, 0.15) is 12.0 Å². The molecule has 3 heterocycles. The smallest absolute Gasteiger partial charge is 0.227 e. The van der Waals surface area contributed by atoms with Gasteiger partial charge in [0.15, 0.2) is 0 Å². The third-order valence-corrected chi connectivity index (χ3v) is 5.81. The Morgan fingerprint density at radius 1 is 1.13 bits per heavy atom. The normalized spacial score (nSPS) is 15.4. The van der Waals surface area contributed by atoms with E-state index in [-0.39, 0.29) is 22.5 Å². The number of benzene rings is 1. The molecule has 0 N–H and O–H groups in total. The molecule has 0 aliphatic carbocycles. The fraction of sp³-hybridized carbons (Fsp3) is 0.440. The largest absolute Gasteiger partial charge is 0.486 e. The van der Waals surface area contributed by atoms with Crippen LogP contribution in [0.15, 0.2) is 58.2 Å². The zero-order valence-corrected chi connectivity index (χ0v) is 18.5. The number of hydrogen-bond acceptors (Lipinski definition) is 4. The minimum absolute atomic E-state index is 0.168. The molecule has 1 fully saturated rings. The summed E-state index contributed by atoms with van der Waals surface area (Å²) in [6.07, 6.45) is 7.25. The van der Waals surface area contributed by atoms with E-state index < -0.39 is 0 Å². The summed E-state index contributed by atoms with van der Waals surface area (Å²) in [5.74, 6) is 1.36. The number of likely N-dealkylation sites (tertiary alicyclic amines) is 1. The van der Waals surface area contributed by atoms with Crippen molar-refractivity contribution in [2.45, 2.75) is 40.2 Å². The van der Waals surface area contributed by atoms with Crippen molar-refractivity contribution in [2.75, 3.05) is 19.7 Å². The lowest BCUT2D eigenvalue weighted by Gasteiger charge is -2.35. The first-order valence-electron chi connectivity index (χ1n) is 10.9. The highest BCUT2D eigenvalue weighted by atomic mass is 16.5. The molecule has 164 valence electrons. The second-order valence-electron chi connectivity index (χ2n) is 9.43. The highest BCUT2D eigenvalue weighted by Crippen LogP contribution is 2.24. The van der Waals surface area contributed by atoms with Crippen molar-refractivity contribution in [2.24, 2.45) is 11.3 Å². The zero-order valence-electron chi connectivity index (χ0n) is 18.5. The van der Waals surface area contributed by atoms with Gasteiger partial charge in [0.25, 0.3) is 0 Å². The van der Waals surface area contributed by atoms with Crippen LogP contribution in [-0.2, 0) is 11.3 Å². The van der Waals surface area contributed by atoms with Gasteiger partial charge in [-0.25, -0.2) is 0 Å². The minimum atomic E-state index is -0.350. The Balaban J connectivity index is 1.31. The molecule has 4 rings (SSSR count). The Morgan fingerprint density at radius 3 is 2.35 bits per heavy atom. The first-order chi connectivity index (χ1) is 14.8. The number of ether oxygens (including phenoxy) is 1. The summed E-state index contributed by atoms with van der Waals surface area (Å²) in [5, 5.41) is 2.31. The van der Waals surface area contributed by atoms with E-state index in [9.17, 15) is 9.59 Å². The first-order valence-corrected chi connectivity index (χ1v) is 10.9. The van der Waals surface area contributed by atoms with Crippen LogP contribution in [0.4, 0.5) is 0 Å². The SMILES string of the molecule is CC(C)(C)C(=O)N1CCC(COc2coc(Cn3cc4ccccc4c3)cc2=O)CC1. The summed E-state index contributed by atoms with van der Waals surface area (Å²) in [4.78, 5) is 26.8. The summed E-state index contributed by atoms with van der Waals surface area (Å²) in [7, 11) is 0. The van der Waals surface area contributed by atoms with Gasteiger partial charge in [-0.2, -0.15) is 0 Å². The fourth-order valence-electron chi connectivity index (χ4n) is 4.02. The van der Waals surface area contributed by atoms with Gasteiger partial charge in [-0.1, -0.05) is 45.0 Å². The Morgan fingerprint density at radius 2 is 1.77 bits per heavy atom. The molecule has 1 aliphatic rings. The lowest BCUT2D eigenvalue weighted by Crippen LogP contribution is -2.44. The van der Waals surface area contributed by atoms with Crippen molar-refractivity contribution >= 4 is 16.7 Å². The number of rotatable bonds is 5. The molecule has 6 nitrogen and oxygen atoms in total. The molecule has 2 aromatic heterocycles. The van der Waals surface area contributed by atoms with Crippen molar-refractivity contribution in [3.63, 3.8) is 0 Å². The minimum Gasteiger partial charge on any atom is -0.486 e. The number of carbonyl (C=O) groups excluding carboxylic acids is 1. The van der Waals surface area contributed by atoms with Gasteiger partial charge in [0, 0.05) is 37.0 Å².